The highest BCUT2D eigenvalue weighted by molar-refractivity contribution is 5.93. The molecular formula is C18H24N4O4. The number of aromatic nitrogens is 3. The molecule has 0 radical (unpaired) electrons. The first-order valence-corrected chi connectivity index (χ1v) is 9.37. The summed E-state index contributed by atoms with van der Waals surface area (Å²) in [5.41, 5.74) is 1.92. The van der Waals surface area contributed by atoms with Crippen molar-refractivity contribution in [2.24, 2.45) is 0 Å². The van der Waals surface area contributed by atoms with Crippen molar-refractivity contribution >= 4 is 5.91 Å². The van der Waals surface area contributed by atoms with Crippen LogP contribution in [0.2, 0.25) is 0 Å². The van der Waals surface area contributed by atoms with Gasteiger partial charge in [0, 0.05) is 25.6 Å². The van der Waals surface area contributed by atoms with E-state index in [0.29, 0.717) is 37.0 Å². The van der Waals surface area contributed by atoms with E-state index in [4.69, 9.17) is 13.8 Å². The van der Waals surface area contributed by atoms with Crippen LogP contribution in [0.25, 0.3) is 0 Å². The van der Waals surface area contributed by atoms with Gasteiger partial charge in [-0.3, -0.25) is 4.79 Å². The Labute approximate surface area is 151 Å². The number of rotatable bonds is 5. The lowest BCUT2D eigenvalue weighted by atomic mass is 9.95. The molecule has 1 fully saturated rings. The number of likely N-dealkylation sites (tertiary alicyclic amines) is 1. The molecule has 4 rings (SSSR count). The maximum atomic E-state index is 13.2. The second-order valence-corrected chi connectivity index (χ2v) is 6.95. The van der Waals surface area contributed by atoms with Gasteiger partial charge in [-0.2, -0.15) is 4.98 Å². The second kappa shape index (κ2) is 7.57. The van der Waals surface area contributed by atoms with E-state index in [9.17, 15) is 4.79 Å². The maximum absolute atomic E-state index is 13.2. The zero-order valence-electron chi connectivity index (χ0n) is 15.1. The predicted molar refractivity (Wildman–Crippen MR) is 90.7 cm³/mol. The molecule has 26 heavy (non-hydrogen) atoms. The number of aryl methyl sites for hydroxylation is 1. The highest BCUT2D eigenvalue weighted by Crippen LogP contribution is 2.33. The molecule has 2 aromatic heterocycles. The minimum atomic E-state index is -0.204. The number of carbonyl (C=O) groups is 1. The Morgan fingerprint density at radius 1 is 1.19 bits per heavy atom. The van der Waals surface area contributed by atoms with Crippen molar-refractivity contribution in [1.82, 2.24) is 20.2 Å². The number of carbonyl (C=O) groups excluding carboxylic acids is 1. The summed E-state index contributed by atoms with van der Waals surface area (Å²) in [6.07, 6.45) is 7.32. The van der Waals surface area contributed by atoms with E-state index in [0.717, 1.165) is 56.2 Å². The Kier molecular flexibility index (Phi) is 5.01. The Balaban J connectivity index is 1.56. The van der Waals surface area contributed by atoms with Gasteiger partial charge in [-0.1, -0.05) is 10.3 Å². The van der Waals surface area contributed by atoms with E-state index in [1.165, 1.54) is 0 Å². The van der Waals surface area contributed by atoms with Gasteiger partial charge in [-0.05, 0) is 44.9 Å². The highest BCUT2D eigenvalue weighted by atomic mass is 16.5. The highest BCUT2D eigenvalue weighted by Gasteiger charge is 2.36. The van der Waals surface area contributed by atoms with E-state index in [1.54, 1.807) is 7.11 Å². The largest absolute Gasteiger partial charge is 0.384 e. The molecule has 1 aliphatic carbocycles. The molecule has 0 bridgehead atoms. The average molecular weight is 360 g/mol. The number of piperidine rings is 1. The normalized spacial score (nSPS) is 20.2. The lowest BCUT2D eigenvalue weighted by molar-refractivity contribution is 0.0518. The fraction of sp³-hybridized carbons (Fsp3) is 0.667. The van der Waals surface area contributed by atoms with Gasteiger partial charge in [0.2, 0.25) is 11.7 Å². The van der Waals surface area contributed by atoms with Crippen LogP contribution in [0.15, 0.2) is 9.05 Å². The summed E-state index contributed by atoms with van der Waals surface area (Å²) in [7, 11) is 1.64. The number of hydrogen-bond donors (Lipinski definition) is 0. The maximum Gasteiger partial charge on any atom is 0.293 e. The van der Waals surface area contributed by atoms with Crippen molar-refractivity contribution in [3.05, 3.63) is 28.7 Å². The Hall–Kier alpha value is -2.22. The van der Waals surface area contributed by atoms with Crippen molar-refractivity contribution in [3.8, 4) is 0 Å². The molecule has 1 aliphatic heterocycles. The van der Waals surface area contributed by atoms with Crippen molar-refractivity contribution in [2.75, 3.05) is 20.3 Å². The summed E-state index contributed by atoms with van der Waals surface area (Å²) in [5.74, 6) is 1.39. The number of methoxy groups -OCH3 is 1. The third-order valence-electron chi connectivity index (χ3n) is 5.22. The van der Waals surface area contributed by atoms with E-state index in [-0.39, 0.29) is 11.9 Å². The summed E-state index contributed by atoms with van der Waals surface area (Å²) in [4.78, 5) is 19.5. The number of fused-ring (bicyclic) bond motifs is 1. The number of ether oxygens (including phenoxy) is 1. The van der Waals surface area contributed by atoms with Crippen LogP contribution in [0.3, 0.4) is 0 Å². The molecule has 0 aromatic carbocycles. The van der Waals surface area contributed by atoms with Crippen LogP contribution in [0.1, 0.15) is 71.7 Å². The Morgan fingerprint density at radius 3 is 2.96 bits per heavy atom. The predicted octanol–water partition coefficient (Wildman–Crippen LogP) is 2.49. The molecule has 1 amide bonds. The molecule has 0 saturated carbocycles. The van der Waals surface area contributed by atoms with Crippen LogP contribution < -0.4 is 0 Å². The van der Waals surface area contributed by atoms with E-state index < -0.39 is 0 Å². The van der Waals surface area contributed by atoms with E-state index in [1.807, 2.05) is 4.90 Å². The fourth-order valence-electron chi connectivity index (χ4n) is 3.82. The SMILES string of the molecule is COCCc1noc([C@@H]2CCCCN2C(=O)c2onc3c2CCCC3)n1. The average Bonchev–Trinajstić information content (AvgIpc) is 3.33. The zero-order chi connectivity index (χ0) is 17.9. The molecular weight excluding hydrogens is 336 g/mol. The molecule has 0 spiro atoms. The molecule has 8 nitrogen and oxygen atoms in total. The molecule has 140 valence electrons. The number of hydrogen-bond acceptors (Lipinski definition) is 7. The first-order valence-electron chi connectivity index (χ1n) is 9.37. The molecule has 2 aliphatic rings. The fourth-order valence-corrected chi connectivity index (χ4v) is 3.82. The molecule has 3 heterocycles. The van der Waals surface area contributed by atoms with Crippen LogP contribution in [0, 0.1) is 0 Å². The zero-order valence-corrected chi connectivity index (χ0v) is 15.1. The molecule has 1 saturated heterocycles. The van der Waals surface area contributed by atoms with E-state index in [2.05, 4.69) is 15.3 Å². The van der Waals surface area contributed by atoms with Gasteiger partial charge in [0.25, 0.3) is 5.91 Å². The lowest BCUT2D eigenvalue weighted by Crippen LogP contribution is -2.39. The molecule has 0 N–H and O–H groups in total. The summed E-state index contributed by atoms with van der Waals surface area (Å²) in [6.45, 7) is 1.20. The monoisotopic (exact) mass is 360 g/mol. The number of nitrogens with zero attached hydrogens (tertiary/aromatic N) is 4. The third kappa shape index (κ3) is 3.25. The van der Waals surface area contributed by atoms with Crippen molar-refractivity contribution in [3.63, 3.8) is 0 Å². The van der Waals surface area contributed by atoms with Crippen LogP contribution in [-0.2, 0) is 24.0 Å². The van der Waals surface area contributed by atoms with Crippen molar-refractivity contribution < 1.29 is 18.6 Å². The van der Waals surface area contributed by atoms with Gasteiger partial charge in [0.1, 0.15) is 6.04 Å². The van der Waals surface area contributed by atoms with Crippen molar-refractivity contribution in [1.29, 1.82) is 0 Å². The quantitative estimate of drug-likeness (QED) is 0.808. The summed E-state index contributed by atoms with van der Waals surface area (Å²) < 4.78 is 16.0. The van der Waals surface area contributed by atoms with E-state index >= 15 is 0 Å². The standard InChI is InChI=1S/C18H24N4O4/c1-24-11-9-15-19-17(26-21-15)14-8-4-5-10-22(14)18(23)16-12-6-2-3-7-13(12)20-25-16/h14H,2-11H2,1H3/t14-/m0/s1. The molecule has 2 aromatic rings. The minimum Gasteiger partial charge on any atom is -0.384 e. The van der Waals surface area contributed by atoms with Crippen LogP contribution in [0.4, 0.5) is 0 Å². The van der Waals surface area contributed by atoms with Gasteiger partial charge < -0.3 is 18.7 Å². The van der Waals surface area contributed by atoms with Crippen LogP contribution >= 0.6 is 0 Å². The number of amides is 1. The van der Waals surface area contributed by atoms with Crippen LogP contribution in [-0.4, -0.2) is 46.4 Å². The van der Waals surface area contributed by atoms with Gasteiger partial charge in [0.15, 0.2) is 5.82 Å². The topological polar surface area (TPSA) is 94.5 Å². The van der Waals surface area contributed by atoms with Gasteiger partial charge >= 0.3 is 0 Å². The van der Waals surface area contributed by atoms with Gasteiger partial charge in [0.05, 0.1) is 12.3 Å². The minimum absolute atomic E-state index is 0.109. The Morgan fingerprint density at radius 2 is 2.08 bits per heavy atom. The molecule has 0 unspecified atom stereocenters. The van der Waals surface area contributed by atoms with Gasteiger partial charge in [-0.25, -0.2) is 0 Å². The first-order chi connectivity index (χ1) is 12.8. The third-order valence-corrected chi connectivity index (χ3v) is 5.22. The molecule has 8 heteroatoms. The summed E-state index contributed by atoms with van der Waals surface area (Å²) >= 11 is 0. The lowest BCUT2D eigenvalue weighted by Gasteiger charge is -2.32. The van der Waals surface area contributed by atoms with Crippen LogP contribution in [0.5, 0.6) is 0 Å². The molecule has 1 atom stereocenters. The Bertz CT molecular complexity index is 769. The van der Waals surface area contributed by atoms with Gasteiger partial charge in [-0.15, -0.1) is 0 Å². The first kappa shape index (κ1) is 17.2. The second-order valence-electron chi connectivity index (χ2n) is 6.95. The smallest absolute Gasteiger partial charge is 0.293 e. The summed E-state index contributed by atoms with van der Waals surface area (Å²) in [6, 6.07) is -0.204. The van der Waals surface area contributed by atoms with Crippen molar-refractivity contribution in [2.45, 2.75) is 57.4 Å². The summed E-state index contributed by atoms with van der Waals surface area (Å²) in [5, 5.41) is 8.14.